The van der Waals surface area contributed by atoms with Gasteiger partial charge < -0.3 is 22.1 Å². The molecule has 0 aromatic carbocycles. The van der Waals surface area contributed by atoms with E-state index in [1.165, 1.54) is 6.92 Å². The maximum atomic E-state index is 11.9. The molecule has 0 amide bonds. The summed E-state index contributed by atoms with van der Waals surface area (Å²) in [6.07, 6.45) is 3.48. The number of Topliss-reactive ketones (excluding diaryl/α,β-unsaturated/α-hetero) is 4. The van der Waals surface area contributed by atoms with Crippen molar-refractivity contribution in [1.82, 2.24) is 10.6 Å². The fourth-order valence-electron chi connectivity index (χ4n) is 4.49. The molecule has 0 rings (SSSR count). The van der Waals surface area contributed by atoms with Crippen LogP contribution in [-0.4, -0.2) is 59.4 Å². The Morgan fingerprint density at radius 2 is 0.745 bits per heavy atom. The molecule has 8 nitrogen and oxygen atoms in total. The van der Waals surface area contributed by atoms with Crippen molar-refractivity contribution in [2.75, 3.05) is 0 Å². The second-order valence-electron chi connectivity index (χ2n) is 15.8. The third-order valence-corrected chi connectivity index (χ3v) is 6.79. The minimum atomic E-state index is -0.255. The molecule has 0 bridgehead atoms. The van der Waals surface area contributed by atoms with E-state index in [4.69, 9.17) is 11.5 Å². The van der Waals surface area contributed by atoms with Crippen LogP contribution in [0.25, 0.3) is 0 Å². The monoisotopic (exact) mass is 673 g/mol. The number of rotatable bonds is 18. The highest BCUT2D eigenvalue weighted by Crippen LogP contribution is 2.11. The van der Waals surface area contributed by atoms with Crippen LogP contribution in [0.4, 0.5) is 0 Å². The van der Waals surface area contributed by atoms with Gasteiger partial charge in [0.25, 0.3) is 0 Å². The van der Waals surface area contributed by atoms with Gasteiger partial charge in [-0.2, -0.15) is 0 Å². The summed E-state index contributed by atoms with van der Waals surface area (Å²) in [5.74, 6) is 3.22. The maximum absolute atomic E-state index is 11.9. The summed E-state index contributed by atoms with van der Waals surface area (Å²) in [5.41, 5.74) is 11.1. The van der Waals surface area contributed by atoms with Gasteiger partial charge in [-0.15, -0.1) is 0 Å². The van der Waals surface area contributed by atoms with Gasteiger partial charge in [0.2, 0.25) is 0 Å². The van der Waals surface area contributed by atoms with Gasteiger partial charge in [-0.25, -0.2) is 0 Å². The zero-order valence-corrected chi connectivity index (χ0v) is 33.5. The van der Waals surface area contributed by atoms with Gasteiger partial charge >= 0.3 is 0 Å². The van der Waals surface area contributed by atoms with Gasteiger partial charge in [0, 0.05) is 23.9 Å². The predicted molar refractivity (Wildman–Crippen MR) is 206 cm³/mol. The molecule has 0 spiro atoms. The number of hydrogen-bond acceptors (Lipinski definition) is 8. The van der Waals surface area contributed by atoms with Gasteiger partial charge in [-0.05, 0) is 63.2 Å². The highest BCUT2D eigenvalue weighted by Gasteiger charge is 2.22. The van der Waals surface area contributed by atoms with Crippen molar-refractivity contribution in [3.63, 3.8) is 0 Å². The van der Waals surface area contributed by atoms with Crippen LogP contribution in [0.15, 0.2) is 0 Å². The Labute approximate surface area is 293 Å². The quantitative estimate of drug-likeness (QED) is 0.116. The standard InChI is InChI=1S/C12H25NO.C10H21NO.C9H19NO.C7H15NO.CH4/c1-8(2)7-11(13-10(5)6)12(14)9(3)4;1-7(2)6-10(9(5)12)11-8(3)4;1-6(2)5-8(10)9(11)7(3)4;1-5(2)4-7(8)6(3)9;/h8-11,13H,7H2,1-6H3;7-8,10-11H,6H2,1-5H3;6-8H,5,10H2,1-4H3;5,7H,4,8H2,1-3H3;1H4. The Hall–Kier alpha value is -1.48. The fraction of sp³-hybridized carbons (Fsp3) is 0.897. The molecular weight excluding hydrogens is 588 g/mol. The minimum absolute atomic E-state index is 0. The Balaban J connectivity index is -0.000000168. The molecule has 0 heterocycles. The van der Waals surface area contributed by atoms with Crippen LogP contribution < -0.4 is 22.1 Å². The molecule has 0 saturated heterocycles. The van der Waals surface area contributed by atoms with Crippen molar-refractivity contribution in [3.05, 3.63) is 0 Å². The normalized spacial score (nSPS) is 13.7. The highest BCUT2D eigenvalue weighted by molar-refractivity contribution is 5.86. The Bertz CT molecular complexity index is 785. The minimum Gasteiger partial charge on any atom is -0.322 e. The SMILES string of the molecule is C.CC(=O)C(CC(C)C)NC(C)C.CC(=O)C(N)CC(C)C.CC(C)CC(N)C(=O)C(C)C.CC(C)CC(NC(C)C)C(=O)C(C)C. The molecule has 0 radical (unpaired) electrons. The maximum Gasteiger partial charge on any atom is 0.152 e. The number of carbonyl (C=O) groups excluding carboxylic acids is 4. The van der Waals surface area contributed by atoms with Crippen molar-refractivity contribution in [1.29, 1.82) is 0 Å². The molecule has 0 aromatic rings. The number of nitrogens with one attached hydrogen (secondary N) is 2. The lowest BCUT2D eigenvalue weighted by atomic mass is 9.94. The first kappa shape index (κ1) is 55.0. The number of ketones is 4. The molecule has 0 aliphatic rings. The van der Waals surface area contributed by atoms with E-state index in [0.29, 0.717) is 41.5 Å². The highest BCUT2D eigenvalue weighted by atomic mass is 16.1. The third-order valence-electron chi connectivity index (χ3n) is 6.79. The Morgan fingerprint density at radius 1 is 0.447 bits per heavy atom. The molecule has 0 aliphatic heterocycles. The van der Waals surface area contributed by atoms with E-state index < -0.39 is 0 Å². The van der Waals surface area contributed by atoms with E-state index in [-0.39, 0.29) is 60.8 Å². The van der Waals surface area contributed by atoms with E-state index in [1.54, 1.807) is 6.92 Å². The van der Waals surface area contributed by atoms with Crippen molar-refractivity contribution in [2.45, 2.75) is 194 Å². The van der Waals surface area contributed by atoms with Crippen molar-refractivity contribution < 1.29 is 19.2 Å². The van der Waals surface area contributed by atoms with Crippen molar-refractivity contribution in [3.8, 4) is 0 Å². The van der Waals surface area contributed by atoms with E-state index in [9.17, 15) is 19.2 Å². The van der Waals surface area contributed by atoms with Crippen molar-refractivity contribution in [2.24, 2.45) is 47.0 Å². The first-order valence-electron chi connectivity index (χ1n) is 17.9. The molecule has 0 aliphatic carbocycles. The molecular formula is C39H84N4O4. The second kappa shape index (κ2) is 30.6. The zero-order valence-electron chi connectivity index (χ0n) is 33.5. The summed E-state index contributed by atoms with van der Waals surface area (Å²) in [6, 6.07) is 0.346. The van der Waals surface area contributed by atoms with Crippen LogP contribution in [0.2, 0.25) is 0 Å². The molecule has 8 heteroatoms. The van der Waals surface area contributed by atoms with Gasteiger partial charge in [0.15, 0.2) is 11.6 Å². The summed E-state index contributed by atoms with van der Waals surface area (Å²) >= 11 is 0. The molecule has 284 valence electrons. The summed E-state index contributed by atoms with van der Waals surface area (Å²) in [6.45, 7) is 36.1. The van der Waals surface area contributed by atoms with Crippen LogP contribution in [0.5, 0.6) is 0 Å². The average Bonchev–Trinajstić information content (AvgIpc) is 2.86. The average molecular weight is 673 g/mol. The van der Waals surface area contributed by atoms with Crippen LogP contribution in [0.1, 0.15) is 158 Å². The van der Waals surface area contributed by atoms with Gasteiger partial charge in [0.05, 0.1) is 24.2 Å². The van der Waals surface area contributed by atoms with Gasteiger partial charge in [-0.1, -0.05) is 118 Å². The van der Waals surface area contributed by atoms with E-state index >= 15 is 0 Å². The Kier molecular flexibility index (Phi) is 35.7. The van der Waals surface area contributed by atoms with Crippen LogP contribution in [-0.2, 0) is 19.2 Å². The first-order valence-corrected chi connectivity index (χ1v) is 17.9. The van der Waals surface area contributed by atoms with E-state index in [2.05, 4.69) is 93.7 Å². The molecule has 4 unspecified atom stereocenters. The number of nitrogens with two attached hydrogens (primary N) is 2. The molecule has 0 saturated carbocycles. The first-order chi connectivity index (χ1) is 20.8. The lowest BCUT2D eigenvalue weighted by molar-refractivity contribution is -0.124. The molecule has 0 aromatic heterocycles. The van der Waals surface area contributed by atoms with E-state index in [0.717, 1.165) is 25.7 Å². The molecule has 0 fully saturated rings. The van der Waals surface area contributed by atoms with Gasteiger partial charge in [0.1, 0.15) is 11.6 Å². The zero-order chi connectivity index (χ0) is 37.5. The van der Waals surface area contributed by atoms with Gasteiger partial charge in [-0.3, -0.25) is 19.2 Å². The summed E-state index contributed by atoms with van der Waals surface area (Å²) in [5, 5.41) is 6.60. The largest absolute Gasteiger partial charge is 0.322 e. The predicted octanol–water partition coefficient (Wildman–Crippen LogP) is 7.78. The van der Waals surface area contributed by atoms with Crippen LogP contribution in [0.3, 0.4) is 0 Å². The lowest BCUT2D eigenvalue weighted by Crippen LogP contribution is -2.43. The smallest absolute Gasteiger partial charge is 0.152 e. The number of hydrogen-bond donors (Lipinski definition) is 4. The fourth-order valence-corrected chi connectivity index (χ4v) is 4.49. The summed E-state index contributed by atoms with van der Waals surface area (Å²) in [4.78, 5) is 44.8. The van der Waals surface area contributed by atoms with Crippen LogP contribution in [0, 0.1) is 35.5 Å². The van der Waals surface area contributed by atoms with E-state index in [1.807, 2.05) is 27.7 Å². The lowest BCUT2D eigenvalue weighted by Gasteiger charge is -2.23. The second-order valence-corrected chi connectivity index (χ2v) is 15.8. The summed E-state index contributed by atoms with van der Waals surface area (Å²) in [7, 11) is 0. The molecule has 4 atom stereocenters. The van der Waals surface area contributed by atoms with Crippen LogP contribution >= 0.6 is 0 Å². The number of carbonyl (C=O) groups is 4. The third kappa shape index (κ3) is 37.2. The van der Waals surface area contributed by atoms with Crippen molar-refractivity contribution >= 4 is 23.1 Å². The molecule has 47 heavy (non-hydrogen) atoms. The summed E-state index contributed by atoms with van der Waals surface area (Å²) < 4.78 is 0. The topological polar surface area (TPSA) is 144 Å². The molecule has 6 N–H and O–H groups in total. The Morgan fingerprint density at radius 3 is 0.979 bits per heavy atom.